The number of aromatic nitrogens is 6. The van der Waals surface area contributed by atoms with Crippen molar-refractivity contribution in [2.24, 2.45) is 0 Å². The van der Waals surface area contributed by atoms with Crippen LogP contribution in [0.1, 0.15) is 36.9 Å². The van der Waals surface area contributed by atoms with E-state index in [-0.39, 0.29) is 28.7 Å². The number of nitrogens with zero attached hydrogens (tertiary/aromatic N) is 7. The van der Waals surface area contributed by atoms with E-state index in [1.165, 1.54) is 17.0 Å². The molecule has 5 rings (SSSR count). The summed E-state index contributed by atoms with van der Waals surface area (Å²) in [6.07, 6.45) is 3.25. The number of hydrogen-bond acceptors (Lipinski definition) is 8. The summed E-state index contributed by atoms with van der Waals surface area (Å²) in [5.41, 5.74) is 0.000448. The summed E-state index contributed by atoms with van der Waals surface area (Å²) >= 11 is 0. The predicted molar refractivity (Wildman–Crippen MR) is 115 cm³/mol. The SMILES string of the molecule is CC(C1=CNC(C(F)(F)F)C=C1)n1nc(C#N)c2c(=O)[nH]c(N3CCC3c3ncccn3)nc21. The minimum Gasteiger partial charge on any atom is -0.377 e. The van der Waals surface area contributed by atoms with Crippen molar-refractivity contribution in [1.82, 2.24) is 35.0 Å². The van der Waals surface area contributed by atoms with E-state index in [2.05, 4.69) is 30.4 Å². The third-order valence-electron chi connectivity index (χ3n) is 5.94. The molecule has 0 bridgehead atoms. The Morgan fingerprint density at radius 2 is 2.06 bits per heavy atom. The van der Waals surface area contributed by atoms with Crippen molar-refractivity contribution in [3.63, 3.8) is 0 Å². The molecule has 0 spiro atoms. The highest BCUT2D eigenvalue weighted by molar-refractivity contribution is 5.81. The van der Waals surface area contributed by atoms with Gasteiger partial charge in [0.25, 0.3) is 5.56 Å². The van der Waals surface area contributed by atoms with Gasteiger partial charge in [0.05, 0.1) is 12.1 Å². The van der Waals surface area contributed by atoms with Gasteiger partial charge in [-0.3, -0.25) is 9.78 Å². The van der Waals surface area contributed by atoms with Gasteiger partial charge in [-0.05, 0) is 25.0 Å². The van der Waals surface area contributed by atoms with Crippen LogP contribution in [0.3, 0.4) is 0 Å². The lowest BCUT2D eigenvalue weighted by Crippen LogP contribution is -2.43. The van der Waals surface area contributed by atoms with E-state index >= 15 is 0 Å². The first-order valence-electron chi connectivity index (χ1n) is 10.4. The number of rotatable bonds is 4. The molecule has 13 heteroatoms. The third kappa shape index (κ3) is 3.57. The molecule has 0 aliphatic carbocycles. The zero-order chi connectivity index (χ0) is 24.0. The maximum atomic E-state index is 12.9. The van der Waals surface area contributed by atoms with Gasteiger partial charge in [0.2, 0.25) is 5.95 Å². The molecule has 3 atom stereocenters. The molecule has 2 N–H and O–H groups in total. The normalized spacial score (nSPS) is 20.9. The Balaban J connectivity index is 1.53. The number of hydrogen-bond donors (Lipinski definition) is 2. The highest BCUT2D eigenvalue weighted by Crippen LogP contribution is 2.34. The smallest absolute Gasteiger partial charge is 0.377 e. The van der Waals surface area contributed by atoms with E-state index < -0.39 is 23.8 Å². The van der Waals surface area contributed by atoms with Crippen LogP contribution in [0.5, 0.6) is 0 Å². The minimum atomic E-state index is -4.42. The predicted octanol–water partition coefficient (Wildman–Crippen LogP) is 2.27. The van der Waals surface area contributed by atoms with Gasteiger partial charge in [-0.25, -0.2) is 14.6 Å². The zero-order valence-corrected chi connectivity index (χ0v) is 17.8. The van der Waals surface area contributed by atoms with Crippen LogP contribution in [0, 0.1) is 11.3 Å². The Hall–Kier alpha value is -4.21. The average Bonchev–Trinajstić information content (AvgIpc) is 3.17. The van der Waals surface area contributed by atoms with E-state index in [1.807, 2.05) is 11.0 Å². The van der Waals surface area contributed by atoms with E-state index in [1.54, 1.807) is 25.4 Å². The number of aromatic amines is 1. The maximum absolute atomic E-state index is 12.9. The molecule has 0 radical (unpaired) electrons. The van der Waals surface area contributed by atoms with Crippen LogP contribution >= 0.6 is 0 Å². The number of anilines is 1. The van der Waals surface area contributed by atoms with E-state index in [0.717, 1.165) is 12.5 Å². The third-order valence-corrected chi connectivity index (χ3v) is 5.94. The van der Waals surface area contributed by atoms with Crippen LogP contribution in [-0.4, -0.2) is 48.5 Å². The fraction of sp³-hybridized carbons (Fsp3) is 0.333. The van der Waals surface area contributed by atoms with Crippen molar-refractivity contribution in [3.8, 4) is 6.07 Å². The summed E-state index contributed by atoms with van der Waals surface area (Å²) in [6.45, 7) is 2.31. The number of halogens is 3. The fourth-order valence-corrected chi connectivity index (χ4v) is 4.01. The molecular formula is C21H18F3N9O. The van der Waals surface area contributed by atoms with Crippen molar-refractivity contribution >= 4 is 17.0 Å². The maximum Gasteiger partial charge on any atom is 0.412 e. The molecule has 34 heavy (non-hydrogen) atoms. The molecule has 3 unspecified atom stereocenters. The number of H-pyrrole nitrogens is 1. The first-order valence-corrected chi connectivity index (χ1v) is 10.4. The molecule has 0 saturated carbocycles. The van der Waals surface area contributed by atoms with Crippen LogP contribution in [-0.2, 0) is 0 Å². The summed E-state index contributed by atoms with van der Waals surface area (Å²) in [5, 5.41) is 16.1. The number of alkyl halides is 3. The topological polar surface area (TPSA) is 128 Å². The summed E-state index contributed by atoms with van der Waals surface area (Å²) in [5.74, 6) is 0.876. The second-order valence-electron chi connectivity index (χ2n) is 7.96. The Bertz CT molecular complexity index is 1400. The second kappa shape index (κ2) is 7.98. The highest BCUT2D eigenvalue weighted by atomic mass is 19.4. The summed E-state index contributed by atoms with van der Waals surface area (Å²) < 4.78 is 40.2. The van der Waals surface area contributed by atoms with Gasteiger partial charge < -0.3 is 10.2 Å². The van der Waals surface area contributed by atoms with Crippen molar-refractivity contribution in [2.75, 3.05) is 11.4 Å². The Labute approximate surface area is 190 Å². The van der Waals surface area contributed by atoms with Crippen LogP contribution in [0.2, 0.25) is 0 Å². The number of nitriles is 1. The lowest BCUT2D eigenvalue weighted by atomic mass is 10.0. The molecule has 10 nitrogen and oxygen atoms in total. The first-order chi connectivity index (χ1) is 16.3. The highest BCUT2D eigenvalue weighted by Gasteiger charge is 2.39. The van der Waals surface area contributed by atoms with Gasteiger partial charge >= 0.3 is 6.18 Å². The monoisotopic (exact) mass is 469 g/mol. The van der Waals surface area contributed by atoms with Crippen LogP contribution < -0.4 is 15.8 Å². The number of fused-ring (bicyclic) bond motifs is 1. The molecule has 3 aromatic rings. The molecule has 0 aromatic carbocycles. The Kier molecular flexibility index (Phi) is 5.07. The molecule has 2 aliphatic heterocycles. The second-order valence-corrected chi connectivity index (χ2v) is 7.96. The quantitative estimate of drug-likeness (QED) is 0.596. The molecular weight excluding hydrogens is 451 g/mol. The molecule has 0 amide bonds. The van der Waals surface area contributed by atoms with Gasteiger partial charge in [-0.1, -0.05) is 12.2 Å². The van der Waals surface area contributed by atoms with E-state index in [4.69, 9.17) is 0 Å². The minimum absolute atomic E-state index is 0.0210. The summed E-state index contributed by atoms with van der Waals surface area (Å²) in [4.78, 5) is 30.6. The van der Waals surface area contributed by atoms with Gasteiger partial charge in [0.1, 0.15) is 17.5 Å². The van der Waals surface area contributed by atoms with Crippen LogP contribution in [0.25, 0.3) is 11.0 Å². The number of nitrogens with one attached hydrogen (secondary N) is 2. The van der Waals surface area contributed by atoms with Crippen LogP contribution in [0.15, 0.2) is 47.2 Å². The van der Waals surface area contributed by atoms with E-state index in [0.29, 0.717) is 17.9 Å². The molecule has 1 saturated heterocycles. The Morgan fingerprint density at radius 3 is 2.65 bits per heavy atom. The Morgan fingerprint density at radius 1 is 1.29 bits per heavy atom. The number of allylic oxidation sites excluding steroid dienone is 2. The molecule has 3 aromatic heterocycles. The van der Waals surface area contributed by atoms with Crippen LogP contribution in [0.4, 0.5) is 19.1 Å². The van der Waals surface area contributed by atoms with Crippen molar-refractivity contribution in [2.45, 2.75) is 37.6 Å². The van der Waals surface area contributed by atoms with Gasteiger partial charge in [-0.2, -0.15) is 28.5 Å². The molecule has 5 heterocycles. The summed E-state index contributed by atoms with van der Waals surface area (Å²) in [6, 6.07) is 1.05. The number of dihydropyridines is 1. The molecule has 1 fully saturated rings. The van der Waals surface area contributed by atoms with Gasteiger partial charge in [-0.15, -0.1) is 0 Å². The van der Waals surface area contributed by atoms with Crippen molar-refractivity contribution in [1.29, 1.82) is 5.26 Å². The van der Waals surface area contributed by atoms with Gasteiger partial charge in [0.15, 0.2) is 17.2 Å². The molecule has 174 valence electrons. The lowest BCUT2D eigenvalue weighted by Gasteiger charge is -2.40. The lowest BCUT2D eigenvalue weighted by molar-refractivity contribution is -0.142. The largest absolute Gasteiger partial charge is 0.412 e. The average molecular weight is 469 g/mol. The first kappa shape index (κ1) is 21.6. The van der Waals surface area contributed by atoms with E-state index in [9.17, 15) is 23.2 Å². The zero-order valence-electron chi connectivity index (χ0n) is 17.8. The fourth-order valence-electron chi connectivity index (χ4n) is 4.01. The van der Waals surface area contributed by atoms with Crippen molar-refractivity contribution in [3.05, 3.63) is 64.3 Å². The molecule has 2 aliphatic rings. The standard InChI is InChI=1S/C21H18F3N9O/c1-11(12-3-4-15(28-10-12)21(22,23)24)33-18-16(13(9-25)31-33)19(34)30-20(29-18)32-8-5-14(32)17-26-6-2-7-27-17/h2-4,6-7,10-11,14-15,28H,5,8H2,1H3,(H,29,30,34). The van der Waals surface area contributed by atoms with Crippen molar-refractivity contribution < 1.29 is 13.2 Å². The summed E-state index contributed by atoms with van der Waals surface area (Å²) in [7, 11) is 0. The van der Waals surface area contributed by atoms with Gasteiger partial charge in [0, 0.05) is 25.1 Å².